The van der Waals surface area contributed by atoms with Crippen molar-refractivity contribution in [1.29, 1.82) is 0 Å². The average molecular weight is 419 g/mol. The highest BCUT2D eigenvalue weighted by atomic mass is 16.6. The van der Waals surface area contributed by atoms with Crippen molar-refractivity contribution in [3.8, 4) is 0 Å². The summed E-state index contributed by atoms with van der Waals surface area (Å²) in [7, 11) is 0. The first-order valence-electron chi connectivity index (χ1n) is 10.9. The Morgan fingerprint density at radius 3 is 1.94 bits per heavy atom. The highest BCUT2D eigenvalue weighted by molar-refractivity contribution is 5.31. The number of aryl methyl sites for hydroxylation is 1. The monoisotopic (exact) mass is 418 g/mol. The first-order valence-corrected chi connectivity index (χ1v) is 10.9. The Kier molecular flexibility index (Phi) is 5.75. The number of rotatable bonds is 4. The first-order chi connectivity index (χ1) is 15.1. The van der Waals surface area contributed by atoms with Gasteiger partial charge in [0.15, 0.2) is 0 Å². The van der Waals surface area contributed by atoms with Crippen LogP contribution in [0.5, 0.6) is 0 Å². The van der Waals surface area contributed by atoms with E-state index in [0.29, 0.717) is 5.92 Å². The van der Waals surface area contributed by atoms with E-state index < -0.39 is 0 Å². The Morgan fingerprint density at radius 2 is 1.29 bits per heavy atom. The zero-order valence-electron chi connectivity index (χ0n) is 18.2. The summed E-state index contributed by atoms with van der Waals surface area (Å²) in [4.78, 5) is 0. The summed E-state index contributed by atoms with van der Waals surface area (Å²) < 4.78 is 12.5. The van der Waals surface area contributed by atoms with Gasteiger partial charge < -0.3 is 9.47 Å². The van der Waals surface area contributed by atoms with Crippen LogP contribution in [0.25, 0.3) is 0 Å². The van der Waals surface area contributed by atoms with Gasteiger partial charge in [0.1, 0.15) is 24.9 Å². The number of hydrogen-bond donors (Lipinski definition) is 4. The summed E-state index contributed by atoms with van der Waals surface area (Å²) in [5.74, 6) is 0.468. The van der Waals surface area contributed by atoms with Gasteiger partial charge in [-0.25, -0.2) is 21.7 Å². The fourth-order valence-corrected chi connectivity index (χ4v) is 4.40. The van der Waals surface area contributed by atoms with Crippen molar-refractivity contribution in [1.82, 2.24) is 21.7 Å². The molecular weight excluding hydrogens is 388 g/mol. The number of ether oxygens (including phenoxy) is 2. The van der Waals surface area contributed by atoms with E-state index in [0.717, 1.165) is 23.1 Å². The molecule has 0 aromatic heterocycles. The van der Waals surface area contributed by atoms with Gasteiger partial charge in [0.05, 0.1) is 0 Å². The average Bonchev–Trinajstić information content (AvgIpc) is 3.45. The van der Waals surface area contributed by atoms with Crippen molar-refractivity contribution in [2.45, 2.75) is 52.1 Å². The van der Waals surface area contributed by atoms with E-state index >= 15 is 0 Å². The van der Waals surface area contributed by atoms with Gasteiger partial charge in [-0.2, -0.15) is 0 Å². The molecular formula is C25H30N4O2. The SMILES string of the molecule is CC1=CC=C(C2NNC(c3cccc(C4NNC(c5ccc(C)cc5)O4)c3)O2)C(C)C1. The van der Waals surface area contributed by atoms with Crippen LogP contribution in [0.15, 0.2) is 71.8 Å². The maximum Gasteiger partial charge on any atom is 0.149 e. The Morgan fingerprint density at radius 1 is 0.710 bits per heavy atom. The molecule has 2 heterocycles. The van der Waals surface area contributed by atoms with Gasteiger partial charge >= 0.3 is 0 Å². The molecule has 0 bridgehead atoms. The van der Waals surface area contributed by atoms with E-state index in [1.165, 1.54) is 16.7 Å². The largest absolute Gasteiger partial charge is 0.335 e. The lowest BCUT2D eigenvalue weighted by atomic mass is 9.88. The van der Waals surface area contributed by atoms with Crippen LogP contribution in [0.2, 0.25) is 0 Å². The molecule has 0 amide bonds. The second kappa shape index (κ2) is 8.67. The minimum absolute atomic E-state index is 0.124. The van der Waals surface area contributed by atoms with E-state index in [1.807, 2.05) is 6.07 Å². The molecule has 5 rings (SSSR count). The standard InChI is InChI=1S/C25H30N4O2/c1-15-7-10-18(11-8-15)22-26-27-23(30-22)19-5-4-6-20(14-19)24-28-29-25(31-24)21-12-9-16(2)13-17(21)3/h4-12,14,17,22-29H,13H2,1-3H3. The first kappa shape index (κ1) is 20.6. The van der Waals surface area contributed by atoms with Crippen LogP contribution in [0.1, 0.15) is 61.2 Å². The number of hydrogen-bond acceptors (Lipinski definition) is 6. The van der Waals surface area contributed by atoms with E-state index in [9.17, 15) is 0 Å². The van der Waals surface area contributed by atoms with Crippen LogP contribution in [0.3, 0.4) is 0 Å². The quantitative estimate of drug-likeness (QED) is 0.598. The van der Waals surface area contributed by atoms with Crippen LogP contribution in [-0.4, -0.2) is 6.23 Å². The maximum absolute atomic E-state index is 6.32. The fraction of sp³-hybridized carbons (Fsp3) is 0.360. The van der Waals surface area contributed by atoms with Crippen molar-refractivity contribution in [2.24, 2.45) is 5.92 Å². The van der Waals surface area contributed by atoms with E-state index in [-0.39, 0.29) is 24.9 Å². The van der Waals surface area contributed by atoms with Crippen LogP contribution in [0, 0.1) is 12.8 Å². The molecule has 31 heavy (non-hydrogen) atoms. The Balaban J connectivity index is 1.26. The normalized spacial score (nSPS) is 30.9. The van der Waals surface area contributed by atoms with Crippen molar-refractivity contribution in [2.75, 3.05) is 0 Å². The highest BCUT2D eigenvalue weighted by Gasteiger charge is 2.32. The molecule has 2 saturated heterocycles. The zero-order valence-corrected chi connectivity index (χ0v) is 18.2. The predicted octanol–water partition coefficient (Wildman–Crippen LogP) is 4.18. The van der Waals surface area contributed by atoms with Gasteiger partial charge in [0.2, 0.25) is 0 Å². The lowest BCUT2D eigenvalue weighted by Gasteiger charge is -2.24. The Bertz CT molecular complexity index is 1000. The van der Waals surface area contributed by atoms with Gasteiger partial charge in [0.25, 0.3) is 0 Å². The van der Waals surface area contributed by atoms with Gasteiger partial charge in [-0.05, 0) is 54.5 Å². The summed E-state index contributed by atoms with van der Waals surface area (Å²) in [6.45, 7) is 6.51. The summed E-state index contributed by atoms with van der Waals surface area (Å²) in [6.07, 6.45) is 4.70. The number of allylic oxidation sites excluding steroid dienone is 3. The summed E-state index contributed by atoms with van der Waals surface area (Å²) >= 11 is 0. The molecule has 5 atom stereocenters. The molecule has 3 aliphatic rings. The van der Waals surface area contributed by atoms with Crippen LogP contribution in [-0.2, 0) is 9.47 Å². The van der Waals surface area contributed by atoms with Gasteiger partial charge in [-0.3, -0.25) is 0 Å². The third-order valence-electron chi connectivity index (χ3n) is 6.19. The second-order valence-corrected chi connectivity index (χ2v) is 8.74. The van der Waals surface area contributed by atoms with E-state index in [2.05, 4.69) is 97.1 Å². The molecule has 2 aliphatic heterocycles. The van der Waals surface area contributed by atoms with Crippen LogP contribution >= 0.6 is 0 Å². The zero-order chi connectivity index (χ0) is 21.4. The minimum atomic E-state index is -0.231. The molecule has 4 N–H and O–H groups in total. The lowest BCUT2D eigenvalue weighted by molar-refractivity contribution is 0.0333. The van der Waals surface area contributed by atoms with Gasteiger partial charge in [0, 0.05) is 0 Å². The third kappa shape index (κ3) is 4.36. The van der Waals surface area contributed by atoms with E-state index in [1.54, 1.807) is 0 Å². The van der Waals surface area contributed by atoms with Gasteiger partial charge in [-0.15, -0.1) is 0 Å². The Labute approximate surface area is 183 Å². The van der Waals surface area contributed by atoms with Crippen molar-refractivity contribution < 1.29 is 9.47 Å². The number of hydrazine groups is 2. The number of nitrogens with one attached hydrogen (secondary N) is 4. The van der Waals surface area contributed by atoms with Crippen molar-refractivity contribution in [3.63, 3.8) is 0 Å². The van der Waals surface area contributed by atoms with Crippen LogP contribution < -0.4 is 21.7 Å². The molecule has 2 aromatic rings. The topological polar surface area (TPSA) is 66.6 Å². The second-order valence-electron chi connectivity index (χ2n) is 8.74. The molecule has 1 aliphatic carbocycles. The van der Waals surface area contributed by atoms with Gasteiger partial charge in [-0.1, -0.05) is 72.7 Å². The van der Waals surface area contributed by atoms with Crippen molar-refractivity contribution in [3.05, 3.63) is 94.1 Å². The predicted molar refractivity (Wildman–Crippen MR) is 120 cm³/mol. The summed E-state index contributed by atoms with van der Waals surface area (Å²) in [6, 6.07) is 16.7. The smallest absolute Gasteiger partial charge is 0.149 e. The molecule has 5 unspecified atom stereocenters. The maximum atomic E-state index is 6.32. The Hall–Kier alpha value is -2.32. The third-order valence-corrected chi connectivity index (χ3v) is 6.19. The fourth-order valence-electron chi connectivity index (χ4n) is 4.40. The minimum Gasteiger partial charge on any atom is -0.335 e. The molecule has 2 aromatic carbocycles. The molecule has 0 saturated carbocycles. The molecule has 0 radical (unpaired) electrons. The summed E-state index contributed by atoms with van der Waals surface area (Å²) in [5.41, 5.74) is 20.3. The molecule has 162 valence electrons. The molecule has 6 nitrogen and oxygen atoms in total. The highest BCUT2D eigenvalue weighted by Crippen LogP contribution is 2.33. The molecule has 0 spiro atoms. The lowest BCUT2D eigenvalue weighted by Crippen LogP contribution is -2.34. The van der Waals surface area contributed by atoms with Crippen LogP contribution in [0.4, 0.5) is 0 Å². The molecule has 2 fully saturated rings. The number of benzene rings is 2. The van der Waals surface area contributed by atoms with Crippen molar-refractivity contribution >= 4 is 0 Å². The summed E-state index contributed by atoms with van der Waals surface area (Å²) in [5, 5.41) is 0. The van der Waals surface area contributed by atoms with E-state index in [4.69, 9.17) is 9.47 Å². The molecule has 6 heteroatoms.